The van der Waals surface area contributed by atoms with Gasteiger partial charge in [0.05, 0.1) is 6.04 Å². The van der Waals surface area contributed by atoms with E-state index in [1.807, 2.05) is 22.6 Å². The van der Waals surface area contributed by atoms with Gasteiger partial charge in [0.1, 0.15) is 24.1 Å². The zero-order chi connectivity index (χ0) is 21.8. The van der Waals surface area contributed by atoms with Crippen LogP contribution >= 0.6 is 22.6 Å². The van der Waals surface area contributed by atoms with E-state index in [1.165, 1.54) is 35.3 Å². The molecule has 0 aliphatic heterocycles. The van der Waals surface area contributed by atoms with E-state index in [0.717, 1.165) is 6.33 Å². The monoisotopic (exact) mass is 529 g/mol. The van der Waals surface area contributed by atoms with Gasteiger partial charge in [-0.1, -0.05) is 0 Å². The van der Waals surface area contributed by atoms with Gasteiger partial charge in [-0.2, -0.15) is 18.6 Å². The Bertz CT molecular complexity index is 1090. The number of rotatable bonds is 7. The summed E-state index contributed by atoms with van der Waals surface area (Å²) >= 11 is 1.89. The van der Waals surface area contributed by atoms with Crippen molar-refractivity contribution in [3.63, 3.8) is 0 Å². The third kappa shape index (κ3) is 5.03. The number of hydrogen-bond donors (Lipinski definition) is 2. The first-order chi connectivity index (χ1) is 14.2. The fourth-order valence-electron chi connectivity index (χ4n) is 2.53. The van der Waals surface area contributed by atoms with E-state index in [1.54, 1.807) is 6.92 Å². The fraction of sp³-hybridized carbons (Fsp3) is 0.176. The number of nitrogens with zero attached hydrogens (tertiary/aromatic N) is 5. The van der Waals surface area contributed by atoms with Gasteiger partial charge in [-0.05, 0) is 47.7 Å². The Labute approximate surface area is 182 Å². The average Bonchev–Trinajstić information content (AvgIpc) is 3.17. The molecule has 3 N–H and O–H groups in total. The molecule has 1 aromatic carbocycles. The molecular formula is C17H14F2IN7O3. The third-order valence-corrected chi connectivity index (χ3v) is 4.41. The number of amides is 2. The largest absolute Gasteiger partial charge is 0.435 e. The molecule has 0 spiro atoms. The van der Waals surface area contributed by atoms with Crippen molar-refractivity contribution in [3.8, 4) is 11.6 Å². The van der Waals surface area contributed by atoms with Crippen LogP contribution in [0.25, 0.3) is 5.82 Å². The summed E-state index contributed by atoms with van der Waals surface area (Å²) in [6, 6.07) is 4.81. The summed E-state index contributed by atoms with van der Waals surface area (Å²) < 4.78 is 31.2. The van der Waals surface area contributed by atoms with Crippen molar-refractivity contribution in [3.05, 3.63) is 57.6 Å². The molecule has 30 heavy (non-hydrogen) atoms. The van der Waals surface area contributed by atoms with Crippen LogP contribution in [0.1, 0.15) is 39.6 Å². The maximum absolute atomic E-state index is 12.6. The topological polar surface area (TPSA) is 138 Å². The highest BCUT2D eigenvalue weighted by Crippen LogP contribution is 2.22. The van der Waals surface area contributed by atoms with Gasteiger partial charge in [-0.3, -0.25) is 9.59 Å². The summed E-state index contributed by atoms with van der Waals surface area (Å²) in [4.78, 5) is 35.9. The minimum atomic E-state index is -3.00. The molecule has 3 rings (SSSR count). The van der Waals surface area contributed by atoms with Gasteiger partial charge < -0.3 is 15.8 Å². The summed E-state index contributed by atoms with van der Waals surface area (Å²) in [7, 11) is 0. The van der Waals surface area contributed by atoms with Crippen molar-refractivity contribution in [2.24, 2.45) is 5.73 Å². The number of nitrogens with one attached hydrogen (secondary N) is 1. The third-order valence-electron chi connectivity index (χ3n) is 3.79. The van der Waals surface area contributed by atoms with Crippen LogP contribution in [0.4, 0.5) is 8.78 Å². The maximum Gasteiger partial charge on any atom is 0.387 e. The van der Waals surface area contributed by atoms with E-state index in [4.69, 9.17) is 5.73 Å². The first-order valence-electron chi connectivity index (χ1n) is 8.33. The highest BCUT2D eigenvalue weighted by Gasteiger charge is 2.20. The lowest BCUT2D eigenvalue weighted by atomic mass is 10.2. The van der Waals surface area contributed by atoms with Crippen molar-refractivity contribution in [2.75, 3.05) is 0 Å². The lowest BCUT2D eigenvalue weighted by Gasteiger charge is -2.15. The molecule has 0 unspecified atom stereocenters. The minimum absolute atomic E-state index is 0.0106. The van der Waals surface area contributed by atoms with E-state index in [9.17, 15) is 18.4 Å². The molecule has 2 heterocycles. The Morgan fingerprint density at radius 3 is 2.63 bits per heavy atom. The summed E-state index contributed by atoms with van der Waals surface area (Å²) in [6.07, 6.45) is 2.41. The second kappa shape index (κ2) is 9.06. The van der Waals surface area contributed by atoms with Crippen molar-refractivity contribution >= 4 is 34.4 Å². The maximum atomic E-state index is 12.6. The molecule has 2 amide bonds. The number of alkyl halides is 2. The molecule has 1 atom stereocenters. The Morgan fingerprint density at radius 2 is 1.93 bits per heavy atom. The summed E-state index contributed by atoms with van der Waals surface area (Å²) in [5, 5.41) is 6.77. The quantitative estimate of drug-likeness (QED) is 0.446. The Morgan fingerprint density at radius 1 is 1.17 bits per heavy atom. The van der Waals surface area contributed by atoms with Crippen molar-refractivity contribution in [1.29, 1.82) is 0 Å². The van der Waals surface area contributed by atoms with Crippen LogP contribution in [0.3, 0.4) is 0 Å². The van der Waals surface area contributed by atoms with Crippen LogP contribution in [0.2, 0.25) is 0 Å². The first-order valence-corrected chi connectivity index (χ1v) is 9.41. The molecule has 0 bridgehead atoms. The molecule has 0 saturated carbocycles. The summed E-state index contributed by atoms with van der Waals surface area (Å²) in [5.41, 5.74) is 5.35. The molecule has 0 aliphatic carbocycles. The highest BCUT2D eigenvalue weighted by atomic mass is 127. The molecule has 0 fully saturated rings. The van der Waals surface area contributed by atoms with Crippen LogP contribution in [-0.2, 0) is 0 Å². The molecular weight excluding hydrogens is 515 g/mol. The van der Waals surface area contributed by atoms with Crippen molar-refractivity contribution in [2.45, 2.75) is 19.6 Å². The molecule has 2 aromatic heterocycles. The van der Waals surface area contributed by atoms with Gasteiger partial charge in [0.25, 0.3) is 11.8 Å². The van der Waals surface area contributed by atoms with Crippen LogP contribution in [0.15, 0.2) is 36.9 Å². The summed E-state index contributed by atoms with van der Waals surface area (Å²) in [5.74, 6) is -0.850. The minimum Gasteiger partial charge on any atom is -0.435 e. The zero-order valence-electron chi connectivity index (χ0n) is 15.3. The Balaban J connectivity index is 1.83. The molecule has 156 valence electrons. The first kappa shape index (κ1) is 21.5. The predicted molar refractivity (Wildman–Crippen MR) is 107 cm³/mol. The molecule has 0 saturated heterocycles. The van der Waals surface area contributed by atoms with E-state index < -0.39 is 24.5 Å². The number of carbonyl (C=O) groups is 2. The van der Waals surface area contributed by atoms with Crippen LogP contribution in [-0.4, -0.2) is 43.2 Å². The molecule has 0 radical (unpaired) electrons. The SMILES string of the molecule is C[C@H](NC(=O)c1cc(I)cc(OC(F)F)c1)c1ncnn1-c1cc(C(N)=O)ncn1. The average molecular weight is 529 g/mol. The number of primary amides is 1. The zero-order valence-corrected chi connectivity index (χ0v) is 17.4. The van der Waals surface area contributed by atoms with Gasteiger partial charge in [-0.25, -0.2) is 15.0 Å². The second-order valence-corrected chi connectivity index (χ2v) is 7.15. The highest BCUT2D eigenvalue weighted by molar-refractivity contribution is 14.1. The number of aromatic nitrogens is 5. The molecule has 10 nitrogen and oxygen atoms in total. The van der Waals surface area contributed by atoms with Gasteiger partial charge in [0.15, 0.2) is 11.6 Å². The van der Waals surface area contributed by atoms with E-state index in [-0.39, 0.29) is 22.8 Å². The van der Waals surface area contributed by atoms with Gasteiger partial charge in [0, 0.05) is 15.2 Å². The number of carbonyl (C=O) groups excluding carboxylic acids is 2. The number of benzene rings is 1. The van der Waals surface area contributed by atoms with E-state index >= 15 is 0 Å². The Hall–Kier alpha value is -3.23. The van der Waals surface area contributed by atoms with E-state index in [0.29, 0.717) is 9.39 Å². The lowest BCUT2D eigenvalue weighted by Crippen LogP contribution is -2.29. The number of halogens is 3. The van der Waals surface area contributed by atoms with Crippen LogP contribution < -0.4 is 15.8 Å². The number of hydrogen-bond acceptors (Lipinski definition) is 7. The van der Waals surface area contributed by atoms with Gasteiger partial charge in [-0.15, -0.1) is 0 Å². The van der Waals surface area contributed by atoms with E-state index in [2.05, 4.69) is 30.1 Å². The fourth-order valence-corrected chi connectivity index (χ4v) is 3.17. The Kier molecular flexibility index (Phi) is 6.49. The standard InChI is InChI=1S/C17H14F2IN7O3/c1-8(26-16(29)9-2-10(20)4-11(3-9)30-17(18)19)15-24-7-25-27(15)13-5-12(14(21)28)22-6-23-13/h2-8,17H,1H3,(H2,21,28)(H,26,29)/t8-/m0/s1. The predicted octanol–water partition coefficient (Wildman–Crippen LogP) is 1.85. The number of ether oxygens (including phenoxy) is 1. The second-order valence-electron chi connectivity index (χ2n) is 5.90. The lowest BCUT2D eigenvalue weighted by molar-refractivity contribution is -0.0499. The molecule has 0 aliphatic rings. The molecule has 13 heteroatoms. The normalized spacial score (nSPS) is 11.9. The van der Waals surface area contributed by atoms with Gasteiger partial charge >= 0.3 is 6.61 Å². The van der Waals surface area contributed by atoms with Crippen LogP contribution in [0.5, 0.6) is 5.75 Å². The smallest absolute Gasteiger partial charge is 0.387 e. The van der Waals surface area contributed by atoms with Crippen molar-refractivity contribution in [1.82, 2.24) is 30.0 Å². The molecule has 3 aromatic rings. The van der Waals surface area contributed by atoms with Gasteiger partial charge in [0.2, 0.25) is 0 Å². The number of nitrogens with two attached hydrogens (primary N) is 1. The summed E-state index contributed by atoms with van der Waals surface area (Å²) in [6.45, 7) is -1.35. The van der Waals surface area contributed by atoms with Crippen molar-refractivity contribution < 1.29 is 23.1 Å². The van der Waals surface area contributed by atoms with Crippen LogP contribution in [0, 0.1) is 3.57 Å².